The van der Waals surface area contributed by atoms with Crippen LogP contribution in [0.3, 0.4) is 0 Å². The van der Waals surface area contributed by atoms with Crippen LogP contribution in [-0.2, 0) is 6.54 Å². The molecule has 5 nitrogen and oxygen atoms in total. The van der Waals surface area contributed by atoms with Gasteiger partial charge in [-0.15, -0.1) is 5.10 Å². The molecule has 0 amide bonds. The fourth-order valence-electron chi connectivity index (χ4n) is 2.62. The normalized spacial score (nSPS) is 10.8. The van der Waals surface area contributed by atoms with Gasteiger partial charge in [-0.2, -0.15) is 0 Å². The van der Waals surface area contributed by atoms with Crippen LogP contribution in [0.25, 0.3) is 16.9 Å². The first-order valence-electron chi connectivity index (χ1n) is 7.71. The lowest BCUT2D eigenvalue weighted by molar-refractivity contribution is 0.475. The quantitative estimate of drug-likeness (QED) is 0.602. The van der Waals surface area contributed by atoms with Crippen LogP contribution in [0.15, 0.2) is 72.9 Å². The summed E-state index contributed by atoms with van der Waals surface area (Å²) in [6.45, 7) is 0.704. The van der Waals surface area contributed by atoms with Crippen molar-refractivity contribution < 1.29 is 5.11 Å². The summed E-state index contributed by atoms with van der Waals surface area (Å²) in [4.78, 5) is 4.38. The maximum absolute atomic E-state index is 9.69. The van der Waals surface area contributed by atoms with Gasteiger partial charge in [0.25, 0.3) is 0 Å². The summed E-state index contributed by atoms with van der Waals surface area (Å²) in [6.07, 6.45) is 1.76. The largest absolute Gasteiger partial charge is 0.508 e. The van der Waals surface area contributed by atoms with Gasteiger partial charge in [-0.3, -0.25) is 0 Å². The molecule has 0 unspecified atom stereocenters. The van der Waals surface area contributed by atoms with Crippen LogP contribution < -0.4 is 5.32 Å². The molecule has 0 saturated heterocycles. The van der Waals surface area contributed by atoms with Crippen molar-refractivity contribution in [2.75, 3.05) is 5.32 Å². The highest BCUT2D eigenvalue weighted by atomic mass is 16.3. The van der Waals surface area contributed by atoms with Gasteiger partial charge in [0.05, 0.1) is 11.9 Å². The summed E-state index contributed by atoms with van der Waals surface area (Å²) in [5.74, 6) is 0.992. The van der Waals surface area contributed by atoms with E-state index in [0.717, 1.165) is 22.7 Å². The van der Waals surface area contributed by atoms with Gasteiger partial charge in [-0.25, -0.2) is 9.50 Å². The molecule has 2 aromatic heterocycles. The number of imidazole rings is 1. The highest BCUT2D eigenvalue weighted by Crippen LogP contribution is 2.24. The van der Waals surface area contributed by atoms with E-state index in [0.29, 0.717) is 6.54 Å². The fraction of sp³-hybridized carbons (Fsp3) is 0.0526. The van der Waals surface area contributed by atoms with Gasteiger partial charge in [0, 0.05) is 12.1 Å². The van der Waals surface area contributed by atoms with E-state index >= 15 is 0 Å². The number of phenolic OH excluding ortho intramolecular Hbond substituents is 1. The molecule has 0 fully saturated rings. The number of nitrogens with one attached hydrogen (secondary N) is 1. The van der Waals surface area contributed by atoms with E-state index in [9.17, 15) is 5.11 Å². The molecule has 2 heterocycles. The molecule has 118 valence electrons. The number of nitrogens with zero attached hydrogens (tertiary/aromatic N) is 3. The third-order valence-corrected chi connectivity index (χ3v) is 3.82. The monoisotopic (exact) mass is 316 g/mol. The maximum Gasteiger partial charge on any atom is 0.154 e. The van der Waals surface area contributed by atoms with Gasteiger partial charge in [-0.1, -0.05) is 42.5 Å². The summed E-state index contributed by atoms with van der Waals surface area (Å²) < 4.78 is 1.78. The van der Waals surface area contributed by atoms with Gasteiger partial charge >= 0.3 is 0 Å². The topological polar surface area (TPSA) is 62.5 Å². The number of aromatic hydroxyl groups is 1. The Labute approximate surface area is 139 Å². The minimum Gasteiger partial charge on any atom is -0.508 e. The molecule has 0 bridgehead atoms. The van der Waals surface area contributed by atoms with Gasteiger partial charge < -0.3 is 10.4 Å². The summed E-state index contributed by atoms with van der Waals surface area (Å²) in [7, 11) is 0. The Morgan fingerprint density at radius 1 is 0.958 bits per heavy atom. The molecule has 0 radical (unpaired) electrons. The average molecular weight is 316 g/mol. The Balaban J connectivity index is 1.66. The molecule has 0 aliphatic carbocycles. The van der Waals surface area contributed by atoms with E-state index in [-0.39, 0.29) is 5.75 Å². The highest BCUT2D eigenvalue weighted by molar-refractivity contribution is 5.65. The molecular formula is C19H16N4O. The first-order chi connectivity index (χ1) is 11.8. The summed E-state index contributed by atoms with van der Waals surface area (Å²) >= 11 is 0. The fourth-order valence-corrected chi connectivity index (χ4v) is 2.62. The van der Waals surface area contributed by atoms with E-state index in [1.807, 2.05) is 42.5 Å². The van der Waals surface area contributed by atoms with Crippen LogP contribution in [0.1, 0.15) is 5.56 Å². The molecule has 4 aromatic rings. The van der Waals surface area contributed by atoms with E-state index in [1.165, 1.54) is 5.56 Å². The zero-order valence-corrected chi connectivity index (χ0v) is 12.9. The van der Waals surface area contributed by atoms with E-state index < -0.39 is 0 Å². The molecule has 5 heteroatoms. The van der Waals surface area contributed by atoms with Crippen molar-refractivity contribution in [3.8, 4) is 17.0 Å². The Hall–Kier alpha value is -3.34. The molecule has 0 spiro atoms. The molecule has 2 N–H and O–H groups in total. The minimum atomic E-state index is 0.223. The second-order valence-corrected chi connectivity index (χ2v) is 5.52. The first kappa shape index (κ1) is 14.3. The van der Waals surface area contributed by atoms with Gasteiger partial charge in [-0.05, 0) is 29.8 Å². The zero-order valence-electron chi connectivity index (χ0n) is 12.9. The van der Waals surface area contributed by atoms with Crippen molar-refractivity contribution in [1.29, 1.82) is 0 Å². The van der Waals surface area contributed by atoms with Crippen molar-refractivity contribution in [2.24, 2.45) is 0 Å². The average Bonchev–Trinajstić information content (AvgIpc) is 3.04. The van der Waals surface area contributed by atoms with Crippen LogP contribution in [0.2, 0.25) is 0 Å². The number of hydrogen-bond acceptors (Lipinski definition) is 4. The number of hydrogen-bond donors (Lipinski definition) is 2. The maximum atomic E-state index is 9.69. The third-order valence-electron chi connectivity index (χ3n) is 3.82. The Bertz CT molecular complexity index is 979. The predicted molar refractivity (Wildman–Crippen MR) is 93.9 cm³/mol. The van der Waals surface area contributed by atoms with Crippen molar-refractivity contribution in [3.05, 3.63) is 78.5 Å². The smallest absolute Gasteiger partial charge is 0.154 e. The molecule has 0 aliphatic heterocycles. The van der Waals surface area contributed by atoms with Crippen LogP contribution in [0.4, 0.5) is 5.82 Å². The van der Waals surface area contributed by atoms with Crippen molar-refractivity contribution in [1.82, 2.24) is 14.6 Å². The number of anilines is 1. The molecule has 0 saturated carbocycles. The number of rotatable bonds is 4. The second-order valence-electron chi connectivity index (χ2n) is 5.52. The molecule has 0 atom stereocenters. The summed E-state index contributed by atoms with van der Waals surface area (Å²) in [5.41, 5.74) is 3.66. The number of phenols is 1. The first-order valence-corrected chi connectivity index (χ1v) is 7.71. The number of aromatic nitrogens is 3. The highest BCUT2D eigenvalue weighted by Gasteiger charge is 2.08. The SMILES string of the molecule is Oc1cccc(-c2cnc3ccc(NCc4ccccc4)nn23)c1. The molecule has 0 aliphatic rings. The molecular weight excluding hydrogens is 300 g/mol. The zero-order chi connectivity index (χ0) is 16.4. The lowest BCUT2D eigenvalue weighted by atomic mass is 10.1. The standard InChI is InChI=1S/C19H16N4O/c24-16-8-4-7-15(11-16)17-13-21-19-10-9-18(22-23(17)19)20-12-14-5-2-1-3-6-14/h1-11,13,24H,12H2,(H,20,22). The van der Waals surface area contributed by atoms with Crippen LogP contribution in [0, 0.1) is 0 Å². The second kappa shape index (κ2) is 6.04. The molecule has 24 heavy (non-hydrogen) atoms. The third kappa shape index (κ3) is 2.79. The number of fused-ring (bicyclic) bond motifs is 1. The van der Waals surface area contributed by atoms with Crippen LogP contribution in [-0.4, -0.2) is 19.7 Å². The lowest BCUT2D eigenvalue weighted by Gasteiger charge is -2.07. The van der Waals surface area contributed by atoms with Crippen LogP contribution >= 0.6 is 0 Å². The molecule has 4 rings (SSSR count). The summed E-state index contributed by atoms with van der Waals surface area (Å²) in [5, 5.41) is 17.6. The van der Waals surface area contributed by atoms with Crippen molar-refractivity contribution >= 4 is 11.5 Å². The Morgan fingerprint density at radius 3 is 2.67 bits per heavy atom. The van der Waals surface area contributed by atoms with Gasteiger partial charge in [0.1, 0.15) is 11.6 Å². The minimum absolute atomic E-state index is 0.223. The lowest BCUT2D eigenvalue weighted by Crippen LogP contribution is -2.04. The van der Waals surface area contributed by atoms with Crippen molar-refractivity contribution in [2.45, 2.75) is 6.54 Å². The van der Waals surface area contributed by atoms with Crippen LogP contribution in [0.5, 0.6) is 5.75 Å². The van der Waals surface area contributed by atoms with Crippen molar-refractivity contribution in [3.63, 3.8) is 0 Å². The van der Waals surface area contributed by atoms with E-state index in [2.05, 4.69) is 27.5 Å². The Morgan fingerprint density at radius 2 is 1.83 bits per heavy atom. The van der Waals surface area contributed by atoms with Gasteiger partial charge in [0.2, 0.25) is 0 Å². The number of benzene rings is 2. The van der Waals surface area contributed by atoms with E-state index in [1.54, 1.807) is 22.8 Å². The Kier molecular flexibility index (Phi) is 3.59. The predicted octanol–water partition coefficient (Wildman–Crippen LogP) is 3.71. The summed E-state index contributed by atoms with van der Waals surface area (Å²) in [6, 6.07) is 21.1. The van der Waals surface area contributed by atoms with E-state index in [4.69, 9.17) is 0 Å². The van der Waals surface area contributed by atoms with Gasteiger partial charge in [0.15, 0.2) is 5.65 Å². The molecule has 2 aromatic carbocycles.